The van der Waals surface area contributed by atoms with Crippen molar-refractivity contribution in [2.45, 2.75) is 5.03 Å². The minimum atomic E-state index is -0.148. The lowest BCUT2D eigenvalue weighted by molar-refractivity contribution is -0.113. The topological polar surface area (TPSA) is 78.7 Å². The number of carbonyl (C=O) groups excluding carboxylic acids is 1. The predicted molar refractivity (Wildman–Crippen MR) is 113 cm³/mol. The van der Waals surface area contributed by atoms with Crippen molar-refractivity contribution < 1.29 is 4.79 Å². The summed E-state index contributed by atoms with van der Waals surface area (Å²) in [4.78, 5) is 23.0. The van der Waals surface area contributed by atoms with Crippen LogP contribution in [0.3, 0.4) is 0 Å². The number of anilines is 1. The van der Waals surface area contributed by atoms with Crippen molar-refractivity contribution >= 4 is 44.9 Å². The second kappa shape index (κ2) is 8.21. The van der Waals surface area contributed by atoms with Crippen LogP contribution in [0, 0.1) is 11.3 Å². The first-order valence-corrected chi connectivity index (χ1v) is 10.3. The number of nitrogens with one attached hydrogen (secondary N) is 1. The molecule has 5 nitrogen and oxygen atoms in total. The molecule has 0 atom stereocenters. The zero-order valence-electron chi connectivity index (χ0n) is 14.6. The molecule has 1 amide bonds. The molecule has 0 aliphatic heterocycles. The number of hydrogen-bond donors (Lipinski definition) is 1. The van der Waals surface area contributed by atoms with E-state index in [-0.39, 0.29) is 11.7 Å². The number of hydrogen-bond acceptors (Lipinski definition) is 6. The van der Waals surface area contributed by atoms with Crippen molar-refractivity contribution in [1.82, 2.24) is 9.97 Å². The van der Waals surface area contributed by atoms with E-state index in [1.807, 2.05) is 18.2 Å². The Kier molecular flexibility index (Phi) is 5.33. The van der Waals surface area contributed by atoms with Crippen molar-refractivity contribution in [3.8, 4) is 16.5 Å². The second-order valence-corrected chi connectivity index (χ2v) is 7.90. The van der Waals surface area contributed by atoms with Gasteiger partial charge in [-0.2, -0.15) is 5.26 Å². The van der Waals surface area contributed by atoms with Gasteiger partial charge in [-0.15, -0.1) is 11.3 Å². The molecule has 2 heterocycles. The van der Waals surface area contributed by atoms with Gasteiger partial charge in [-0.3, -0.25) is 4.79 Å². The average Bonchev–Trinajstić information content (AvgIpc) is 3.18. The highest BCUT2D eigenvalue weighted by atomic mass is 32.2. The Morgan fingerprint density at radius 3 is 2.79 bits per heavy atom. The van der Waals surface area contributed by atoms with E-state index in [0.29, 0.717) is 11.3 Å². The monoisotopic (exact) mass is 402 g/mol. The summed E-state index contributed by atoms with van der Waals surface area (Å²) in [6.07, 6.45) is 1.53. The molecule has 0 bridgehead atoms. The van der Waals surface area contributed by atoms with E-state index in [9.17, 15) is 4.79 Å². The predicted octanol–water partition coefficient (Wildman–Crippen LogP) is 4.96. The molecule has 0 fully saturated rings. The van der Waals surface area contributed by atoms with Gasteiger partial charge in [0.15, 0.2) is 0 Å². The molecule has 2 aromatic heterocycles. The zero-order valence-corrected chi connectivity index (χ0v) is 16.3. The first-order chi connectivity index (χ1) is 13.7. The van der Waals surface area contributed by atoms with Gasteiger partial charge in [0.2, 0.25) is 5.91 Å². The van der Waals surface area contributed by atoms with Gasteiger partial charge in [-0.1, -0.05) is 48.2 Å². The third kappa shape index (κ3) is 4.03. The highest BCUT2D eigenvalue weighted by Gasteiger charge is 2.12. The molecule has 4 rings (SSSR count). The molecule has 0 aliphatic carbocycles. The van der Waals surface area contributed by atoms with Crippen LogP contribution in [0.15, 0.2) is 72.0 Å². The molecule has 2 aromatic carbocycles. The summed E-state index contributed by atoms with van der Waals surface area (Å²) < 4.78 is 0. The third-order valence-electron chi connectivity index (χ3n) is 3.97. The van der Waals surface area contributed by atoms with Crippen LogP contribution >= 0.6 is 23.1 Å². The number of nitriles is 1. The molecule has 0 spiro atoms. The van der Waals surface area contributed by atoms with Crippen molar-refractivity contribution in [1.29, 1.82) is 5.26 Å². The number of benzene rings is 2. The van der Waals surface area contributed by atoms with E-state index in [2.05, 4.69) is 39.6 Å². The van der Waals surface area contributed by atoms with E-state index in [1.165, 1.54) is 18.1 Å². The highest BCUT2D eigenvalue weighted by molar-refractivity contribution is 8.00. The molecule has 0 unspecified atom stereocenters. The fourth-order valence-corrected chi connectivity index (χ4v) is 4.53. The fourth-order valence-electron chi connectivity index (χ4n) is 2.69. The zero-order chi connectivity index (χ0) is 19.3. The van der Waals surface area contributed by atoms with Gasteiger partial charge in [0.05, 0.1) is 17.4 Å². The van der Waals surface area contributed by atoms with Crippen molar-refractivity contribution in [2.24, 2.45) is 0 Å². The molecule has 136 valence electrons. The fraction of sp³-hybridized carbons (Fsp3) is 0.0476. The molecule has 0 saturated carbocycles. The van der Waals surface area contributed by atoms with Gasteiger partial charge in [-0.05, 0) is 29.8 Å². The second-order valence-electron chi connectivity index (χ2n) is 5.90. The summed E-state index contributed by atoms with van der Waals surface area (Å²) >= 11 is 2.98. The van der Waals surface area contributed by atoms with E-state index >= 15 is 0 Å². The molecule has 1 N–H and O–H groups in total. The van der Waals surface area contributed by atoms with E-state index in [1.54, 1.807) is 35.6 Å². The Morgan fingerprint density at radius 1 is 1.11 bits per heavy atom. The Balaban J connectivity index is 1.49. The van der Waals surface area contributed by atoms with Gasteiger partial charge < -0.3 is 5.32 Å². The van der Waals surface area contributed by atoms with E-state index in [4.69, 9.17) is 5.26 Å². The van der Waals surface area contributed by atoms with Gasteiger partial charge in [0.25, 0.3) is 0 Å². The summed E-state index contributed by atoms with van der Waals surface area (Å²) in [5.41, 5.74) is 2.26. The van der Waals surface area contributed by atoms with Crippen LogP contribution in [0.2, 0.25) is 0 Å². The molecular formula is C21H14N4OS2. The lowest BCUT2D eigenvalue weighted by Crippen LogP contribution is -2.14. The quantitative estimate of drug-likeness (QED) is 0.377. The van der Waals surface area contributed by atoms with Gasteiger partial charge in [0.1, 0.15) is 16.2 Å². The summed E-state index contributed by atoms with van der Waals surface area (Å²) in [5, 5.41) is 13.5. The number of carbonyl (C=O) groups is 1. The lowest BCUT2D eigenvalue weighted by atomic mass is 10.2. The summed E-state index contributed by atoms with van der Waals surface area (Å²) in [7, 11) is 0. The number of thiophene rings is 1. The maximum atomic E-state index is 12.3. The van der Waals surface area contributed by atoms with Crippen LogP contribution in [0.4, 0.5) is 5.69 Å². The van der Waals surface area contributed by atoms with Crippen LogP contribution in [0.1, 0.15) is 5.56 Å². The molecule has 0 saturated heterocycles. The molecule has 28 heavy (non-hydrogen) atoms. The van der Waals surface area contributed by atoms with Crippen LogP contribution in [-0.4, -0.2) is 21.6 Å². The number of thioether (sulfide) groups is 1. The number of nitrogens with zero attached hydrogens (tertiary/aromatic N) is 3. The molecule has 7 heteroatoms. The van der Waals surface area contributed by atoms with Gasteiger partial charge >= 0.3 is 0 Å². The normalized spacial score (nSPS) is 10.5. The molecule has 0 radical (unpaired) electrons. The van der Waals surface area contributed by atoms with Gasteiger partial charge in [0, 0.05) is 16.0 Å². The Bertz CT molecular complexity index is 1180. The Morgan fingerprint density at radius 2 is 1.96 bits per heavy atom. The number of rotatable bonds is 5. The van der Waals surface area contributed by atoms with Crippen LogP contribution in [-0.2, 0) is 4.79 Å². The third-order valence-corrected chi connectivity index (χ3v) is 6.06. The molecule has 0 aliphatic rings. The summed E-state index contributed by atoms with van der Waals surface area (Å²) in [5.74, 6) is 0.0738. The van der Waals surface area contributed by atoms with Crippen molar-refractivity contribution in [2.75, 3.05) is 11.1 Å². The van der Waals surface area contributed by atoms with Crippen molar-refractivity contribution in [3.05, 3.63) is 72.6 Å². The van der Waals surface area contributed by atoms with Crippen molar-refractivity contribution in [3.63, 3.8) is 0 Å². The number of fused-ring (bicyclic) bond motifs is 1. The molecular weight excluding hydrogens is 388 g/mol. The van der Waals surface area contributed by atoms with Gasteiger partial charge in [-0.25, -0.2) is 9.97 Å². The maximum Gasteiger partial charge on any atom is 0.234 e. The minimum Gasteiger partial charge on any atom is -0.325 e. The van der Waals surface area contributed by atoms with Crippen LogP contribution in [0.25, 0.3) is 20.7 Å². The summed E-state index contributed by atoms with van der Waals surface area (Å²) in [6, 6.07) is 21.1. The molecule has 4 aromatic rings. The number of aromatic nitrogens is 2. The van der Waals surface area contributed by atoms with Crippen LogP contribution in [0.5, 0.6) is 0 Å². The smallest absolute Gasteiger partial charge is 0.234 e. The first-order valence-electron chi connectivity index (χ1n) is 8.46. The maximum absolute atomic E-state index is 12.3. The van der Waals surface area contributed by atoms with E-state index < -0.39 is 0 Å². The average molecular weight is 403 g/mol. The Hall–Kier alpha value is -3.21. The SMILES string of the molecule is N#Cc1cccc(NC(=O)CSc2ncnc3sc(-c4ccccc4)cc23)c1. The number of amides is 1. The highest BCUT2D eigenvalue weighted by Crippen LogP contribution is 2.36. The lowest BCUT2D eigenvalue weighted by Gasteiger charge is -2.05. The van der Waals surface area contributed by atoms with Crippen LogP contribution < -0.4 is 5.32 Å². The minimum absolute atomic E-state index is 0.148. The summed E-state index contributed by atoms with van der Waals surface area (Å²) in [6.45, 7) is 0. The van der Waals surface area contributed by atoms with E-state index in [0.717, 1.165) is 25.7 Å². The first kappa shape index (κ1) is 18.2. The largest absolute Gasteiger partial charge is 0.325 e. The Labute approximate surface area is 170 Å². The standard InChI is InChI=1S/C21H14N4OS2/c22-11-14-5-4-8-16(9-14)25-19(26)12-27-20-17-10-18(15-6-2-1-3-7-15)28-21(17)24-13-23-20/h1-10,13H,12H2,(H,25,26).